The Bertz CT molecular complexity index is 1390. The highest BCUT2D eigenvalue weighted by Gasteiger charge is 2.32. The maximum atomic E-state index is 13.1. The third-order valence-corrected chi connectivity index (χ3v) is 7.51. The molecule has 8 nitrogen and oxygen atoms in total. The lowest BCUT2D eigenvalue weighted by Crippen LogP contribution is -2.42. The second-order valence-corrected chi connectivity index (χ2v) is 9.55. The van der Waals surface area contributed by atoms with Crippen LogP contribution in [0.15, 0.2) is 52.4 Å². The number of nitrogens with one attached hydrogen (secondary N) is 2. The van der Waals surface area contributed by atoms with E-state index in [0.29, 0.717) is 35.6 Å². The number of aromatic amines is 2. The van der Waals surface area contributed by atoms with Gasteiger partial charge < -0.3 is 9.97 Å². The maximum absolute atomic E-state index is 13.1. The molecule has 1 aromatic carbocycles. The molecule has 0 spiro atoms. The second-order valence-electron chi connectivity index (χ2n) is 7.18. The van der Waals surface area contributed by atoms with Crippen LogP contribution in [-0.2, 0) is 10.0 Å². The van der Waals surface area contributed by atoms with Crippen LogP contribution in [0.4, 0.5) is 0 Å². The van der Waals surface area contributed by atoms with Gasteiger partial charge in [0.25, 0.3) is 0 Å². The van der Waals surface area contributed by atoms with Crippen molar-refractivity contribution < 1.29 is 8.42 Å². The van der Waals surface area contributed by atoms with Crippen LogP contribution in [0.25, 0.3) is 22.1 Å². The summed E-state index contributed by atoms with van der Waals surface area (Å²) in [5, 5.41) is 1.20. The fourth-order valence-corrected chi connectivity index (χ4v) is 5.91. The number of sulfonamides is 1. The van der Waals surface area contributed by atoms with Gasteiger partial charge in [-0.3, -0.25) is 4.57 Å². The predicted octanol–water partition coefficient (Wildman–Crippen LogP) is 2.89. The smallest absolute Gasteiger partial charge is 0.326 e. The standard InChI is InChI=1S/C19H18ClN5O3S/c20-12-3-1-5-14(9-12)29(27,28)24-8-2-4-13(11-24)25-17-15-6-7-21-18(15)22-10-16(17)23-19(25)26/h1,3,5-7,9-10,13H,2,4,8,11H2,(H,21,22)(H,23,26)/t13-/m1/s1. The van der Waals surface area contributed by atoms with Crippen LogP contribution in [0.5, 0.6) is 0 Å². The maximum Gasteiger partial charge on any atom is 0.326 e. The lowest BCUT2D eigenvalue weighted by molar-refractivity contribution is 0.267. The second kappa shape index (κ2) is 6.72. The fraction of sp³-hybridized carbons (Fsp3) is 0.263. The number of benzene rings is 1. The fourth-order valence-electron chi connectivity index (χ4n) is 4.10. The molecule has 1 fully saturated rings. The van der Waals surface area contributed by atoms with Crippen LogP contribution in [0, 0.1) is 0 Å². The van der Waals surface area contributed by atoms with E-state index >= 15 is 0 Å². The molecule has 0 radical (unpaired) electrons. The van der Waals surface area contributed by atoms with E-state index in [9.17, 15) is 13.2 Å². The summed E-state index contributed by atoms with van der Waals surface area (Å²) in [5.74, 6) is 0. The van der Waals surface area contributed by atoms with E-state index in [0.717, 1.165) is 10.9 Å². The molecule has 150 valence electrons. The third-order valence-electron chi connectivity index (χ3n) is 5.42. The summed E-state index contributed by atoms with van der Waals surface area (Å²) in [5.41, 5.74) is 1.80. The number of pyridine rings is 1. The zero-order chi connectivity index (χ0) is 20.2. The normalized spacial score (nSPS) is 18.6. The Balaban J connectivity index is 1.58. The van der Waals surface area contributed by atoms with E-state index in [-0.39, 0.29) is 23.2 Å². The minimum absolute atomic E-state index is 0.161. The topological polar surface area (TPSA) is 104 Å². The van der Waals surface area contributed by atoms with E-state index in [1.807, 2.05) is 6.07 Å². The Morgan fingerprint density at radius 2 is 2.10 bits per heavy atom. The first kappa shape index (κ1) is 18.4. The van der Waals surface area contributed by atoms with Gasteiger partial charge in [0.1, 0.15) is 5.65 Å². The molecule has 1 aliphatic heterocycles. The Hall–Kier alpha value is -2.62. The van der Waals surface area contributed by atoms with Crippen molar-refractivity contribution in [2.45, 2.75) is 23.8 Å². The van der Waals surface area contributed by atoms with Gasteiger partial charge in [-0.2, -0.15) is 4.31 Å². The quantitative estimate of drug-likeness (QED) is 0.520. The molecule has 4 heterocycles. The van der Waals surface area contributed by atoms with Gasteiger partial charge in [0.15, 0.2) is 0 Å². The average Bonchev–Trinajstić information content (AvgIpc) is 3.31. The highest BCUT2D eigenvalue weighted by Crippen LogP contribution is 2.30. The Kier molecular flexibility index (Phi) is 4.27. The third kappa shape index (κ3) is 2.97. The lowest BCUT2D eigenvalue weighted by atomic mass is 10.1. The molecule has 0 amide bonds. The molecule has 0 bridgehead atoms. The number of imidazole rings is 1. The predicted molar refractivity (Wildman–Crippen MR) is 111 cm³/mol. The first-order valence-electron chi connectivity index (χ1n) is 9.27. The highest BCUT2D eigenvalue weighted by atomic mass is 35.5. The largest absolute Gasteiger partial charge is 0.346 e. The summed E-state index contributed by atoms with van der Waals surface area (Å²) >= 11 is 5.99. The van der Waals surface area contributed by atoms with E-state index in [2.05, 4.69) is 15.0 Å². The van der Waals surface area contributed by atoms with Gasteiger partial charge in [0.2, 0.25) is 10.0 Å². The number of hydrogen-bond acceptors (Lipinski definition) is 4. The van der Waals surface area contributed by atoms with Gasteiger partial charge in [-0.25, -0.2) is 18.2 Å². The highest BCUT2D eigenvalue weighted by molar-refractivity contribution is 7.89. The zero-order valence-electron chi connectivity index (χ0n) is 15.3. The molecule has 29 heavy (non-hydrogen) atoms. The lowest BCUT2D eigenvalue weighted by Gasteiger charge is -2.32. The van der Waals surface area contributed by atoms with Crippen molar-refractivity contribution in [2.24, 2.45) is 0 Å². The van der Waals surface area contributed by atoms with Crippen molar-refractivity contribution in [2.75, 3.05) is 13.1 Å². The molecule has 10 heteroatoms. The summed E-state index contributed by atoms with van der Waals surface area (Å²) in [4.78, 5) is 23.1. The summed E-state index contributed by atoms with van der Waals surface area (Å²) in [6.07, 6.45) is 4.76. The summed E-state index contributed by atoms with van der Waals surface area (Å²) < 4.78 is 29.4. The molecule has 0 saturated carbocycles. The zero-order valence-corrected chi connectivity index (χ0v) is 16.9. The Labute approximate surface area is 171 Å². The van der Waals surface area contributed by atoms with E-state index in [1.54, 1.807) is 29.1 Å². The number of fused-ring (bicyclic) bond motifs is 3. The Morgan fingerprint density at radius 3 is 2.93 bits per heavy atom. The van der Waals surface area contributed by atoms with Crippen LogP contribution < -0.4 is 5.69 Å². The monoisotopic (exact) mass is 431 g/mol. The first-order valence-corrected chi connectivity index (χ1v) is 11.1. The van der Waals surface area contributed by atoms with Gasteiger partial charge in [-0.15, -0.1) is 0 Å². The van der Waals surface area contributed by atoms with Crippen molar-refractivity contribution in [1.82, 2.24) is 23.8 Å². The summed E-state index contributed by atoms with van der Waals surface area (Å²) in [6.45, 7) is 0.625. The van der Waals surface area contributed by atoms with Crippen molar-refractivity contribution in [3.05, 3.63) is 58.2 Å². The van der Waals surface area contributed by atoms with Crippen molar-refractivity contribution in [3.63, 3.8) is 0 Å². The number of nitrogens with zero attached hydrogens (tertiary/aromatic N) is 3. The molecular weight excluding hydrogens is 414 g/mol. The van der Waals surface area contributed by atoms with Gasteiger partial charge in [0, 0.05) is 29.7 Å². The molecule has 1 saturated heterocycles. The number of rotatable bonds is 3. The number of piperidine rings is 1. The van der Waals surface area contributed by atoms with Gasteiger partial charge in [0.05, 0.1) is 28.2 Å². The van der Waals surface area contributed by atoms with Crippen molar-refractivity contribution in [3.8, 4) is 0 Å². The minimum atomic E-state index is -3.70. The molecule has 0 aliphatic carbocycles. The first-order chi connectivity index (χ1) is 13.9. The van der Waals surface area contributed by atoms with Gasteiger partial charge in [-0.1, -0.05) is 17.7 Å². The van der Waals surface area contributed by atoms with Crippen LogP contribution in [0.3, 0.4) is 0 Å². The van der Waals surface area contributed by atoms with Crippen LogP contribution in [-0.4, -0.2) is 45.3 Å². The van der Waals surface area contributed by atoms with Crippen molar-refractivity contribution in [1.29, 1.82) is 0 Å². The van der Waals surface area contributed by atoms with Gasteiger partial charge >= 0.3 is 5.69 Å². The summed E-state index contributed by atoms with van der Waals surface area (Å²) in [7, 11) is -3.70. The number of halogens is 1. The van der Waals surface area contributed by atoms with E-state index < -0.39 is 10.0 Å². The molecule has 0 unspecified atom stereocenters. The van der Waals surface area contributed by atoms with Crippen LogP contribution >= 0.6 is 11.6 Å². The van der Waals surface area contributed by atoms with E-state index in [1.165, 1.54) is 16.4 Å². The van der Waals surface area contributed by atoms with E-state index in [4.69, 9.17) is 11.6 Å². The number of hydrogen-bond donors (Lipinski definition) is 2. The molecular formula is C19H18ClN5O3S. The number of aromatic nitrogens is 4. The average molecular weight is 432 g/mol. The minimum Gasteiger partial charge on any atom is -0.346 e. The molecule has 1 atom stereocenters. The summed E-state index contributed by atoms with van der Waals surface area (Å²) in [6, 6.07) is 7.85. The number of H-pyrrole nitrogens is 2. The SMILES string of the molecule is O=c1[nH]c2cnc3[nH]ccc3c2n1[C@@H]1CCCN(S(=O)(=O)c2cccc(Cl)c2)C1. The van der Waals surface area contributed by atoms with Crippen molar-refractivity contribution >= 4 is 43.7 Å². The molecule has 2 N–H and O–H groups in total. The Morgan fingerprint density at radius 1 is 1.24 bits per heavy atom. The molecule has 4 aromatic rings. The van der Waals surface area contributed by atoms with Crippen LogP contribution in [0.2, 0.25) is 5.02 Å². The van der Waals surface area contributed by atoms with Crippen LogP contribution in [0.1, 0.15) is 18.9 Å². The molecule has 1 aliphatic rings. The molecule has 3 aromatic heterocycles. The van der Waals surface area contributed by atoms with Gasteiger partial charge in [-0.05, 0) is 37.1 Å². The molecule has 5 rings (SSSR count).